The van der Waals surface area contributed by atoms with E-state index in [0.29, 0.717) is 5.02 Å². The number of nitrogens with zero attached hydrogens (tertiary/aromatic N) is 2. The van der Waals surface area contributed by atoms with Crippen molar-refractivity contribution in [3.8, 4) is 0 Å². The zero-order chi connectivity index (χ0) is 13.1. The zero-order valence-electron chi connectivity index (χ0n) is 10.3. The van der Waals surface area contributed by atoms with Crippen molar-refractivity contribution in [2.24, 2.45) is 0 Å². The molecule has 0 spiro atoms. The van der Waals surface area contributed by atoms with Crippen LogP contribution >= 0.6 is 27.5 Å². The van der Waals surface area contributed by atoms with Gasteiger partial charge in [0, 0.05) is 22.9 Å². The van der Waals surface area contributed by atoms with E-state index in [1.165, 1.54) is 5.56 Å². The summed E-state index contributed by atoms with van der Waals surface area (Å²) in [6.07, 6.45) is 1.77. The average molecular weight is 326 g/mol. The molecule has 18 heavy (non-hydrogen) atoms. The highest BCUT2D eigenvalue weighted by Crippen LogP contribution is 2.32. The van der Waals surface area contributed by atoms with Gasteiger partial charge in [0.1, 0.15) is 0 Å². The number of rotatable bonds is 3. The summed E-state index contributed by atoms with van der Waals surface area (Å²) in [7, 11) is 0. The summed E-state index contributed by atoms with van der Waals surface area (Å²) in [4.78, 5) is 6.53. The Labute approximate surface area is 121 Å². The lowest BCUT2D eigenvalue weighted by atomic mass is 10.2. The van der Waals surface area contributed by atoms with Crippen LogP contribution in [0.4, 0.5) is 11.5 Å². The maximum absolute atomic E-state index is 6.27. The van der Waals surface area contributed by atoms with Crippen LogP contribution in [0.15, 0.2) is 41.0 Å². The summed E-state index contributed by atoms with van der Waals surface area (Å²) in [6.45, 7) is 5.00. The van der Waals surface area contributed by atoms with Crippen LogP contribution in [0.5, 0.6) is 0 Å². The number of pyridine rings is 1. The topological polar surface area (TPSA) is 16.1 Å². The van der Waals surface area contributed by atoms with Gasteiger partial charge in [-0.05, 0) is 47.5 Å². The molecular weight excluding hydrogens is 312 g/mol. The molecule has 0 amide bonds. The molecule has 1 aromatic carbocycles. The summed E-state index contributed by atoms with van der Waals surface area (Å²) in [5.41, 5.74) is 2.34. The highest BCUT2D eigenvalue weighted by molar-refractivity contribution is 9.10. The number of para-hydroxylation sites is 1. The highest BCUT2D eigenvalue weighted by atomic mass is 79.9. The van der Waals surface area contributed by atoms with E-state index in [9.17, 15) is 0 Å². The Balaban J connectivity index is 2.49. The maximum Gasteiger partial charge on any atom is 0.151 e. The Hall–Kier alpha value is -1.06. The molecule has 0 atom stereocenters. The number of hydrogen-bond donors (Lipinski definition) is 0. The molecule has 0 radical (unpaired) electrons. The fourth-order valence-electron chi connectivity index (χ4n) is 1.91. The summed E-state index contributed by atoms with van der Waals surface area (Å²) in [5.74, 6) is 0.789. The molecule has 2 nitrogen and oxygen atoms in total. The summed E-state index contributed by atoms with van der Waals surface area (Å²) >= 11 is 9.64. The van der Waals surface area contributed by atoms with Crippen molar-refractivity contribution in [2.75, 3.05) is 11.4 Å². The minimum Gasteiger partial charge on any atom is -0.325 e. The van der Waals surface area contributed by atoms with Gasteiger partial charge in [0.05, 0.1) is 5.02 Å². The lowest BCUT2D eigenvalue weighted by molar-refractivity contribution is 0.982. The fourth-order valence-corrected chi connectivity index (χ4v) is 2.64. The molecule has 4 heteroatoms. The van der Waals surface area contributed by atoms with Gasteiger partial charge < -0.3 is 4.90 Å². The molecular formula is C14H14BrClN2. The van der Waals surface area contributed by atoms with Gasteiger partial charge in [-0.1, -0.05) is 29.8 Å². The molecule has 94 valence electrons. The Kier molecular flexibility index (Phi) is 4.25. The van der Waals surface area contributed by atoms with E-state index in [-0.39, 0.29) is 0 Å². The first kappa shape index (κ1) is 13.4. The summed E-state index contributed by atoms with van der Waals surface area (Å²) in [5, 5.41) is 0.648. The van der Waals surface area contributed by atoms with E-state index in [2.05, 4.69) is 51.8 Å². The van der Waals surface area contributed by atoms with Crippen molar-refractivity contribution < 1.29 is 0 Å². The molecule has 2 rings (SSSR count). The molecule has 0 bridgehead atoms. The Morgan fingerprint density at radius 2 is 2.06 bits per heavy atom. The minimum atomic E-state index is 0.648. The number of benzene rings is 1. The second-order valence-corrected chi connectivity index (χ2v) is 5.31. The lowest BCUT2D eigenvalue weighted by Crippen LogP contribution is -2.18. The minimum absolute atomic E-state index is 0.648. The van der Waals surface area contributed by atoms with Crippen molar-refractivity contribution >= 4 is 39.0 Å². The van der Waals surface area contributed by atoms with E-state index >= 15 is 0 Å². The van der Waals surface area contributed by atoms with E-state index in [1.807, 2.05) is 18.2 Å². The smallest absolute Gasteiger partial charge is 0.151 e. The third kappa shape index (κ3) is 2.68. The van der Waals surface area contributed by atoms with Crippen molar-refractivity contribution in [2.45, 2.75) is 13.8 Å². The first-order valence-corrected chi connectivity index (χ1v) is 6.94. The zero-order valence-corrected chi connectivity index (χ0v) is 12.7. The highest BCUT2D eigenvalue weighted by Gasteiger charge is 2.14. The fraction of sp³-hybridized carbons (Fsp3) is 0.214. The summed E-state index contributed by atoms with van der Waals surface area (Å²) in [6, 6.07) is 10.1. The van der Waals surface area contributed by atoms with Crippen LogP contribution in [-0.4, -0.2) is 11.5 Å². The Morgan fingerprint density at radius 1 is 1.33 bits per heavy atom. The maximum atomic E-state index is 6.27. The number of aryl methyl sites for hydroxylation is 1. The van der Waals surface area contributed by atoms with Gasteiger partial charge in [0.15, 0.2) is 5.82 Å². The monoisotopic (exact) mass is 324 g/mol. The molecule has 0 saturated carbocycles. The molecule has 0 aliphatic heterocycles. The van der Waals surface area contributed by atoms with Crippen LogP contribution in [0.2, 0.25) is 5.02 Å². The van der Waals surface area contributed by atoms with Gasteiger partial charge in [-0.25, -0.2) is 4.98 Å². The SMILES string of the molecule is CCN(c1ccccc1C)c1ncc(Br)cc1Cl. The lowest BCUT2D eigenvalue weighted by Gasteiger charge is -2.24. The number of aromatic nitrogens is 1. The van der Waals surface area contributed by atoms with Crippen molar-refractivity contribution in [3.05, 3.63) is 51.6 Å². The predicted molar refractivity (Wildman–Crippen MR) is 80.8 cm³/mol. The third-order valence-corrected chi connectivity index (χ3v) is 3.48. The van der Waals surface area contributed by atoms with Crippen LogP contribution in [0, 0.1) is 6.92 Å². The van der Waals surface area contributed by atoms with E-state index in [1.54, 1.807) is 6.20 Å². The van der Waals surface area contributed by atoms with Crippen molar-refractivity contribution in [1.29, 1.82) is 0 Å². The molecule has 0 unspecified atom stereocenters. The second kappa shape index (κ2) is 5.72. The Morgan fingerprint density at radius 3 is 2.67 bits per heavy atom. The average Bonchev–Trinajstić information content (AvgIpc) is 2.34. The number of anilines is 2. The Bertz CT molecular complexity index is 557. The number of halogens is 2. The molecule has 0 N–H and O–H groups in total. The van der Waals surface area contributed by atoms with E-state index in [0.717, 1.165) is 22.5 Å². The van der Waals surface area contributed by atoms with Gasteiger partial charge in [0.2, 0.25) is 0 Å². The first-order chi connectivity index (χ1) is 8.63. The first-order valence-electron chi connectivity index (χ1n) is 5.77. The molecule has 1 aromatic heterocycles. The largest absolute Gasteiger partial charge is 0.325 e. The van der Waals surface area contributed by atoms with Crippen LogP contribution in [-0.2, 0) is 0 Å². The van der Waals surface area contributed by atoms with Crippen LogP contribution in [0.3, 0.4) is 0 Å². The van der Waals surface area contributed by atoms with Crippen molar-refractivity contribution in [1.82, 2.24) is 4.98 Å². The third-order valence-electron chi connectivity index (χ3n) is 2.77. The van der Waals surface area contributed by atoms with Gasteiger partial charge in [-0.2, -0.15) is 0 Å². The van der Waals surface area contributed by atoms with Crippen LogP contribution in [0.1, 0.15) is 12.5 Å². The van der Waals surface area contributed by atoms with Gasteiger partial charge in [-0.3, -0.25) is 0 Å². The van der Waals surface area contributed by atoms with Crippen LogP contribution in [0.25, 0.3) is 0 Å². The number of hydrogen-bond acceptors (Lipinski definition) is 2. The summed E-state index contributed by atoms with van der Waals surface area (Å²) < 4.78 is 0.886. The molecule has 0 aliphatic carbocycles. The standard InChI is InChI=1S/C14H14BrClN2/c1-3-18(13-7-5-4-6-10(13)2)14-12(16)8-11(15)9-17-14/h4-9H,3H2,1-2H3. The van der Waals surface area contributed by atoms with Crippen LogP contribution < -0.4 is 4.90 Å². The quantitative estimate of drug-likeness (QED) is 0.792. The van der Waals surface area contributed by atoms with Gasteiger partial charge in [0.25, 0.3) is 0 Å². The molecule has 0 fully saturated rings. The molecule has 2 aromatic rings. The van der Waals surface area contributed by atoms with E-state index in [4.69, 9.17) is 11.6 Å². The van der Waals surface area contributed by atoms with Crippen molar-refractivity contribution in [3.63, 3.8) is 0 Å². The van der Waals surface area contributed by atoms with Gasteiger partial charge in [-0.15, -0.1) is 0 Å². The molecule has 0 saturated heterocycles. The normalized spacial score (nSPS) is 10.4. The predicted octanol–water partition coefficient (Wildman–Crippen LogP) is 4.96. The van der Waals surface area contributed by atoms with Gasteiger partial charge >= 0.3 is 0 Å². The molecule has 0 aliphatic rings. The van der Waals surface area contributed by atoms with E-state index < -0.39 is 0 Å². The molecule has 1 heterocycles. The second-order valence-electron chi connectivity index (χ2n) is 3.99.